The van der Waals surface area contributed by atoms with Crippen LogP contribution >= 0.6 is 11.6 Å². The quantitative estimate of drug-likeness (QED) is 0.828. The van der Waals surface area contributed by atoms with Crippen LogP contribution in [-0.2, 0) is 0 Å². The third-order valence-corrected chi connectivity index (χ3v) is 3.34. The molecule has 0 heterocycles. The zero-order valence-corrected chi connectivity index (χ0v) is 12.2. The van der Waals surface area contributed by atoms with Crippen molar-refractivity contribution in [3.05, 3.63) is 28.8 Å². The molecule has 18 heavy (non-hydrogen) atoms. The van der Waals surface area contributed by atoms with Crippen LogP contribution in [0.3, 0.4) is 0 Å². The molecule has 0 fully saturated rings. The van der Waals surface area contributed by atoms with E-state index in [-0.39, 0.29) is 6.04 Å². The molecule has 0 radical (unpaired) electrons. The molecule has 0 amide bonds. The second kappa shape index (κ2) is 7.62. The van der Waals surface area contributed by atoms with E-state index in [1.807, 2.05) is 25.1 Å². The molecule has 0 unspecified atom stereocenters. The molecule has 0 saturated carbocycles. The van der Waals surface area contributed by atoms with E-state index in [0.29, 0.717) is 11.6 Å². The highest BCUT2D eigenvalue weighted by Crippen LogP contribution is 2.27. The Morgan fingerprint density at radius 3 is 2.50 bits per heavy atom. The molecule has 0 saturated heterocycles. The maximum atomic E-state index is 6.16. The van der Waals surface area contributed by atoms with Crippen LogP contribution in [0.4, 0.5) is 0 Å². The van der Waals surface area contributed by atoms with Crippen LogP contribution in [-0.4, -0.2) is 31.1 Å². The number of benzene rings is 1. The highest BCUT2D eigenvalue weighted by atomic mass is 35.5. The molecule has 102 valence electrons. The number of likely N-dealkylation sites (N-methyl/N-ethyl adjacent to an activating group) is 1. The van der Waals surface area contributed by atoms with Crippen molar-refractivity contribution in [3.63, 3.8) is 0 Å². The van der Waals surface area contributed by atoms with Crippen LogP contribution in [0, 0.1) is 0 Å². The maximum Gasteiger partial charge on any atom is 0.137 e. The first kappa shape index (κ1) is 15.3. The summed E-state index contributed by atoms with van der Waals surface area (Å²) >= 11 is 6.16. The van der Waals surface area contributed by atoms with Crippen LogP contribution in [0.5, 0.6) is 5.75 Å². The molecule has 0 aromatic heterocycles. The minimum absolute atomic E-state index is 0.00720. The van der Waals surface area contributed by atoms with Gasteiger partial charge in [0.2, 0.25) is 0 Å². The molecular formula is C14H23ClN2O. The first-order chi connectivity index (χ1) is 8.58. The highest BCUT2D eigenvalue weighted by molar-refractivity contribution is 6.32. The molecule has 2 N–H and O–H groups in total. The third kappa shape index (κ3) is 4.48. The summed E-state index contributed by atoms with van der Waals surface area (Å²) < 4.78 is 5.69. The number of halogens is 1. The SMILES string of the molecule is CCN(CC)CCOc1ccc([C@@H](C)N)cc1Cl. The Kier molecular flexibility index (Phi) is 6.47. The van der Waals surface area contributed by atoms with E-state index in [1.54, 1.807) is 0 Å². The summed E-state index contributed by atoms with van der Waals surface area (Å²) in [6, 6.07) is 5.72. The Morgan fingerprint density at radius 1 is 1.33 bits per heavy atom. The van der Waals surface area contributed by atoms with Gasteiger partial charge in [0, 0.05) is 12.6 Å². The van der Waals surface area contributed by atoms with E-state index in [1.165, 1.54) is 0 Å². The molecule has 1 aromatic rings. The Labute approximate surface area is 115 Å². The zero-order valence-electron chi connectivity index (χ0n) is 11.4. The molecule has 0 aliphatic rings. The van der Waals surface area contributed by atoms with E-state index in [4.69, 9.17) is 22.1 Å². The van der Waals surface area contributed by atoms with Crippen LogP contribution < -0.4 is 10.5 Å². The standard InChI is InChI=1S/C14H23ClN2O/c1-4-17(5-2)8-9-18-14-7-6-12(11(3)16)10-13(14)15/h6-7,10-11H,4-5,8-9,16H2,1-3H3/t11-/m1/s1. The van der Waals surface area contributed by atoms with Crippen molar-refractivity contribution in [1.82, 2.24) is 4.90 Å². The Hall–Kier alpha value is -0.770. The average molecular weight is 271 g/mol. The van der Waals surface area contributed by atoms with Crippen molar-refractivity contribution in [2.24, 2.45) is 5.73 Å². The highest BCUT2D eigenvalue weighted by Gasteiger charge is 2.06. The third-order valence-electron chi connectivity index (χ3n) is 3.04. The van der Waals surface area contributed by atoms with Gasteiger partial charge >= 0.3 is 0 Å². The van der Waals surface area contributed by atoms with Gasteiger partial charge in [-0.15, -0.1) is 0 Å². The smallest absolute Gasteiger partial charge is 0.137 e. The predicted octanol–water partition coefficient (Wildman–Crippen LogP) is 3.08. The summed E-state index contributed by atoms with van der Waals surface area (Å²) in [4.78, 5) is 2.31. The van der Waals surface area contributed by atoms with E-state index in [2.05, 4.69) is 18.7 Å². The van der Waals surface area contributed by atoms with Crippen molar-refractivity contribution < 1.29 is 4.74 Å². The van der Waals surface area contributed by atoms with Gasteiger partial charge in [0.25, 0.3) is 0 Å². The van der Waals surface area contributed by atoms with Crippen LogP contribution in [0.1, 0.15) is 32.4 Å². The van der Waals surface area contributed by atoms with Gasteiger partial charge in [-0.3, -0.25) is 0 Å². The van der Waals surface area contributed by atoms with Crippen molar-refractivity contribution in [2.45, 2.75) is 26.8 Å². The maximum absolute atomic E-state index is 6.16. The lowest BCUT2D eigenvalue weighted by atomic mass is 10.1. The predicted molar refractivity (Wildman–Crippen MR) is 77.3 cm³/mol. The molecule has 0 bridgehead atoms. The Balaban J connectivity index is 2.53. The van der Waals surface area contributed by atoms with Gasteiger partial charge in [-0.1, -0.05) is 31.5 Å². The van der Waals surface area contributed by atoms with Gasteiger partial charge in [0.15, 0.2) is 0 Å². The largest absolute Gasteiger partial charge is 0.491 e. The van der Waals surface area contributed by atoms with Gasteiger partial charge in [-0.2, -0.15) is 0 Å². The fourth-order valence-electron chi connectivity index (χ4n) is 1.74. The number of rotatable bonds is 7. The van der Waals surface area contributed by atoms with Gasteiger partial charge in [-0.25, -0.2) is 0 Å². The number of nitrogens with zero attached hydrogens (tertiary/aromatic N) is 1. The fourth-order valence-corrected chi connectivity index (χ4v) is 1.99. The van der Waals surface area contributed by atoms with Crippen LogP contribution in [0.15, 0.2) is 18.2 Å². The topological polar surface area (TPSA) is 38.5 Å². The monoisotopic (exact) mass is 270 g/mol. The minimum Gasteiger partial charge on any atom is -0.491 e. The van der Waals surface area contributed by atoms with Gasteiger partial charge < -0.3 is 15.4 Å². The lowest BCUT2D eigenvalue weighted by molar-refractivity contribution is 0.223. The van der Waals surface area contributed by atoms with Crippen molar-refractivity contribution in [3.8, 4) is 5.75 Å². The Morgan fingerprint density at radius 2 is 2.00 bits per heavy atom. The molecule has 0 spiro atoms. The number of nitrogens with two attached hydrogens (primary N) is 1. The van der Waals surface area contributed by atoms with Gasteiger partial charge in [0.1, 0.15) is 12.4 Å². The second-order valence-electron chi connectivity index (χ2n) is 4.35. The van der Waals surface area contributed by atoms with Crippen LogP contribution in [0.2, 0.25) is 5.02 Å². The summed E-state index contributed by atoms with van der Waals surface area (Å²) in [6.45, 7) is 9.88. The van der Waals surface area contributed by atoms with Crippen molar-refractivity contribution in [1.29, 1.82) is 0 Å². The lowest BCUT2D eigenvalue weighted by Crippen LogP contribution is -2.27. The molecule has 4 heteroatoms. The number of hydrogen-bond acceptors (Lipinski definition) is 3. The fraction of sp³-hybridized carbons (Fsp3) is 0.571. The molecule has 0 aliphatic heterocycles. The van der Waals surface area contributed by atoms with E-state index < -0.39 is 0 Å². The molecular weight excluding hydrogens is 248 g/mol. The zero-order chi connectivity index (χ0) is 13.5. The molecule has 3 nitrogen and oxygen atoms in total. The normalized spacial score (nSPS) is 12.8. The summed E-state index contributed by atoms with van der Waals surface area (Å²) in [7, 11) is 0. The molecule has 1 aromatic carbocycles. The number of ether oxygens (including phenoxy) is 1. The Bertz CT molecular complexity index is 365. The van der Waals surface area contributed by atoms with E-state index in [0.717, 1.165) is 30.9 Å². The average Bonchev–Trinajstić information content (AvgIpc) is 2.36. The van der Waals surface area contributed by atoms with E-state index >= 15 is 0 Å². The summed E-state index contributed by atoms with van der Waals surface area (Å²) in [5.74, 6) is 0.730. The van der Waals surface area contributed by atoms with E-state index in [9.17, 15) is 0 Å². The molecule has 1 atom stereocenters. The lowest BCUT2D eigenvalue weighted by Gasteiger charge is -2.18. The van der Waals surface area contributed by atoms with Crippen molar-refractivity contribution >= 4 is 11.6 Å². The minimum atomic E-state index is -0.00720. The van der Waals surface area contributed by atoms with Gasteiger partial charge in [0.05, 0.1) is 5.02 Å². The van der Waals surface area contributed by atoms with Gasteiger partial charge in [-0.05, 0) is 37.7 Å². The number of hydrogen-bond donors (Lipinski definition) is 1. The van der Waals surface area contributed by atoms with Crippen LogP contribution in [0.25, 0.3) is 0 Å². The summed E-state index contributed by atoms with van der Waals surface area (Å²) in [5, 5.41) is 0.629. The first-order valence-electron chi connectivity index (χ1n) is 6.48. The van der Waals surface area contributed by atoms with Crippen molar-refractivity contribution in [2.75, 3.05) is 26.2 Å². The molecule has 1 rings (SSSR count). The summed E-state index contributed by atoms with van der Waals surface area (Å²) in [6.07, 6.45) is 0. The molecule has 0 aliphatic carbocycles. The second-order valence-corrected chi connectivity index (χ2v) is 4.76. The first-order valence-corrected chi connectivity index (χ1v) is 6.86. The summed E-state index contributed by atoms with van der Waals surface area (Å²) in [5.41, 5.74) is 6.83.